The molecule has 2 rings (SSSR count). The van der Waals surface area contributed by atoms with Crippen LogP contribution in [-0.2, 0) is 12.7 Å². The molecule has 0 amide bonds. The van der Waals surface area contributed by atoms with Crippen LogP contribution in [0.1, 0.15) is 25.3 Å². The molecule has 24 heavy (non-hydrogen) atoms. The van der Waals surface area contributed by atoms with Crippen molar-refractivity contribution in [3.05, 3.63) is 35.7 Å². The Morgan fingerprint density at radius 1 is 1.25 bits per heavy atom. The second kappa shape index (κ2) is 7.73. The van der Waals surface area contributed by atoms with Crippen molar-refractivity contribution in [2.75, 3.05) is 13.1 Å². The summed E-state index contributed by atoms with van der Waals surface area (Å²) in [6, 6.07) is 6.74. The van der Waals surface area contributed by atoms with Gasteiger partial charge in [-0.05, 0) is 18.7 Å². The van der Waals surface area contributed by atoms with Crippen LogP contribution in [0.2, 0.25) is 0 Å². The van der Waals surface area contributed by atoms with Crippen molar-refractivity contribution in [2.45, 2.75) is 32.9 Å². The van der Waals surface area contributed by atoms with Crippen LogP contribution in [0.3, 0.4) is 0 Å². The summed E-state index contributed by atoms with van der Waals surface area (Å²) in [5.41, 5.74) is 1.32. The lowest BCUT2D eigenvalue weighted by molar-refractivity contribution is -0.159. The van der Waals surface area contributed by atoms with Crippen molar-refractivity contribution in [1.29, 1.82) is 0 Å². The van der Waals surface area contributed by atoms with E-state index < -0.39 is 18.4 Å². The standard InChI is InChI=1S/C15H19F3N4O2/c1-3-19-14(23)22(4-2)9-10-5-7-11(8-6-10)12-20-13(24-21-12)15(16,17)18/h5-8,14,19,23H,3-4,9H2,1-2H3. The van der Waals surface area contributed by atoms with E-state index in [1.807, 2.05) is 18.7 Å². The maximum atomic E-state index is 12.5. The van der Waals surface area contributed by atoms with Crippen molar-refractivity contribution in [1.82, 2.24) is 20.4 Å². The first-order valence-corrected chi connectivity index (χ1v) is 7.50. The minimum atomic E-state index is -4.66. The highest BCUT2D eigenvalue weighted by Gasteiger charge is 2.38. The molecule has 0 aliphatic heterocycles. The average molecular weight is 344 g/mol. The molecule has 0 bridgehead atoms. The van der Waals surface area contributed by atoms with Gasteiger partial charge >= 0.3 is 12.1 Å². The number of benzene rings is 1. The van der Waals surface area contributed by atoms with E-state index in [1.54, 1.807) is 24.3 Å². The number of nitrogens with one attached hydrogen (secondary N) is 1. The molecule has 0 fully saturated rings. The number of aliphatic hydroxyl groups excluding tert-OH is 1. The molecular formula is C15H19F3N4O2. The average Bonchev–Trinajstić information content (AvgIpc) is 3.03. The van der Waals surface area contributed by atoms with Crippen LogP contribution < -0.4 is 5.32 Å². The molecule has 1 unspecified atom stereocenters. The molecule has 0 aliphatic rings. The highest BCUT2D eigenvalue weighted by molar-refractivity contribution is 5.54. The highest BCUT2D eigenvalue weighted by atomic mass is 19.4. The Morgan fingerprint density at radius 2 is 1.92 bits per heavy atom. The normalized spacial score (nSPS) is 13.5. The van der Waals surface area contributed by atoms with Gasteiger partial charge in [0.15, 0.2) is 6.35 Å². The minimum Gasteiger partial charge on any atom is -0.365 e. The van der Waals surface area contributed by atoms with Gasteiger partial charge in [-0.3, -0.25) is 10.2 Å². The summed E-state index contributed by atoms with van der Waals surface area (Å²) in [5, 5.41) is 16.2. The van der Waals surface area contributed by atoms with Crippen molar-refractivity contribution < 1.29 is 22.8 Å². The van der Waals surface area contributed by atoms with Gasteiger partial charge in [0.2, 0.25) is 5.82 Å². The zero-order valence-corrected chi connectivity index (χ0v) is 13.3. The van der Waals surface area contributed by atoms with E-state index in [0.717, 1.165) is 5.56 Å². The SMILES string of the molecule is CCNC(O)N(CC)Cc1ccc(-c2noc(C(F)(F)F)n2)cc1. The van der Waals surface area contributed by atoms with Crippen LogP contribution in [-0.4, -0.2) is 39.6 Å². The Morgan fingerprint density at radius 3 is 2.42 bits per heavy atom. The Balaban J connectivity index is 2.09. The fourth-order valence-corrected chi connectivity index (χ4v) is 2.13. The lowest BCUT2D eigenvalue weighted by Gasteiger charge is -2.26. The Bertz CT molecular complexity index is 643. The van der Waals surface area contributed by atoms with Crippen LogP contribution in [0.15, 0.2) is 28.8 Å². The molecule has 0 aliphatic carbocycles. The summed E-state index contributed by atoms with van der Waals surface area (Å²) in [6.45, 7) is 5.58. The minimum absolute atomic E-state index is 0.117. The van der Waals surface area contributed by atoms with Crippen LogP contribution in [0.5, 0.6) is 0 Å². The summed E-state index contributed by atoms with van der Waals surface area (Å²) in [4.78, 5) is 5.16. The van der Waals surface area contributed by atoms with Crippen LogP contribution in [0.4, 0.5) is 13.2 Å². The van der Waals surface area contributed by atoms with Crippen LogP contribution >= 0.6 is 0 Å². The van der Waals surface area contributed by atoms with E-state index in [9.17, 15) is 18.3 Å². The van der Waals surface area contributed by atoms with Crippen molar-refractivity contribution in [3.63, 3.8) is 0 Å². The quantitative estimate of drug-likeness (QED) is 0.752. The lowest BCUT2D eigenvalue weighted by atomic mass is 10.1. The smallest absolute Gasteiger partial charge is 0.365 e. The second-order valence-corrected chi connectivity index (χ2v) is 5.11. The summed E-state index contributed by atoms with van der Waals surface area (Å²) in [6.07, 6.45) is -5.42. The van der Waals surface area contributed by atoms with Crippen LogP contribution in [0.25, 0.3) is 11.4 Å². The van der Waals surface area contributed by atoms with Gasteiger partial charge in [0.25, 0.3) is 0 Å². The largest absolute Gasteiger partial charge is 0.471 e. The van der Waals surface area contributed by atoms with E-state index in [2.05, 4.69) is 20.0 Å². The summed E-state index contributed by atoms with van der Waals surface area (Å²) >= 11 is 0. The first-order chi connectivity index (χ1) is 11.3. The fraction of sp³-hybridized carbons (Fsp3) is 0.467. The first kappa shape index (κ1) is 18.4. The van der Waals surface area contributed by atoms with E-state index in [-0.39, 0.29) is 5.82 Å². The number of nitrogens with zero attached hydrogens (tertiary/aromatic N) is 3. The maximum Gasteiger partial charge on any atom is 0.471 e. The van der Waals surface area contributed by atoms with Crippen molar-refractivity contribution in [2.24, 2.45) is 0 Å². The van der Waals surface area contributed by atoms with Gasteiger partial charge in [-0.2, -0.15) is 18.2 Å². The molecule has 1 atom stereocenters. The van der Waals surface area contributed by atoms with Gasteiger partial charge in [0, 0.05) is 12.1 Å². The molecule has 0 spiro atoms. The molecule has 6 nitrogen and oxygen atoms in total. The van der Waals surface area contributed by atoms with Crippen molar-refractivity contribution in [3.8, 4) is 11.4 Å². The molecule has 2 aromatic rings. The van der Waals surface area contributed by atoms with Gasteiger partial charge in [-0.1, -0.05) is 43.3 Å². The molecule has 1 heterocycles. The number of aliphatic hydroxyl groups is 1. The predicted octanol–water partition coefficient (Wildman–Crippen LogP) is 2.46. The third kappa shape index (κ3) is 4.53. The number of hydrogen-bond acceptors (Lipinski definition) is 6. The fourth-order valence-electron chi connectivity index (χ4n) is 2.13. The second-order valence-electron chi connectivity index (χ2n) is 5.11. The molecule has 0 radical (unpaired) electrons. The van der Waals surface area contributed by atoms with Gasteiger partial charge < -0.3 is 9.63 Å². The number of aromatic nitrogens is 2. The zero-order chi connectivity index (χ0) is 17.7. The van der Waals surface area contributed by atoms with Gasteiger partial charge in [-0.25, -0.2) is 0 Å². The van der Waals surface area contributed by atoms with E-state index in [0.29, 0.717) is 25.2 Å². The molecule has 0 saturated carbocycles. The van der Waals surface area contributed by atoms with E-state index >= 15 is 0 Å². The van der Waals surface area contributed by atoms with E-state index in [1.165, 1.54) is 0 Å². The van der Waals surface area contributed by atoms with Gasteiger partial charge in [0.1, 0.15) is 0 Å². The van der Waals surface area contributed by atoms with Gasteiger partial charge in [0.05, 0.1) is 0 Å². The monoisotopic (exact) mass is 344 g/mol. The zero-order valence-electron chi connectivity index (χ0n) is 13.3. The molecule has 9 heteroatoms. The third-order valence-corrected chi connectivity index (χ3v) is 3.41. The molecule has 0 saturated heterocycles. The molecule has 1 aromatic heterocycles. The predicted molar refractivity (Wildman–Crippen MR) is 80.5 cm³/mol. The topological polar surface area (TPSA) is 74.4 Å². The summed E-state index contributed by atoms with van der Waals surface area (Å²) in [7, 11) is 0. The third-order valence-electron chi connectivity index (χ3n) is 3.41. The Hall–Kier alpha value is -1.97. The van der Waals surface area contributed by atoms with Gasteiger partial charge in [-0.15, -0.1) is 0 Å². The maximum absolute atomic E-state index is 12.5. The Labute approximate surface area is 137 Å². The first-order valence-electron chi connectivity index (χ1n) is 7.50. The summed E-state index contributed by atoms with van der Waals surface area (Å²) < 4.78 is 41.6. The molecule has 2 N–H and O–H groups in total. The number of hydrogen-bond donors (Lipinski definition) is 2. The summed E-state index contributed by atoms with van der Waals surface area (Å²) in [5.74, 6) is -1.48. The van der Waals surface area contributed by atoms with Crippen molar-refractivity contribution >= 4 is 0 Å². The number of alkyl halides is 3. The Kier molecular flexibility index (Phi) is 5.92. The highest BCUT2D eigenvalue weighted by Crippen LogP contribution is 2.29. The van der Waals surface area contributed by atoms with Crippen LogP contribution in [0, 0.1) is 0 Å². The molecule has 132 valence electrons. The number of rotatable bonds is 7. The molecule has 1 aromatic carbocycles. The molecular weight excluding hydrogens is 325 g/mol. The lowest BCUT2D eigenvalue weighted by Crippen LogP contribution is -2.45. The van der Waals surface area contributed by atoms with E-state index in [4.69, 9.17) is 0 Å². The number of halogens is 3.